The van der Waals surface area contributed by atoms with Gasteiger partial charge < -0.3 is 10.6 Å². The van der Waals surface area contributed by atoms with Crippen LogP contribution in [0.3, 0.4) is 0 Å². The Morgan fingerprint density at radius 1 is 1.09 bits per heavy atom. The zero-order chi connectivity index (χ0) is 16.1. The maximum atomic E-state index is 12.4. The van der Waals surface area contributed by atoms with Gasteiger partial charge in [0.15, 0.2) is 5.78 Å². The van der Waals surface area contributed by atoms with Gasteiger partial charge in [0.2, 0.25) is 11.8 Å². The Hall–Kier alpha value is -1.47. The SMILES string of the molecule is CC(C)C(=O)c1cc2ccc1NC(=O)CSCSCC(=O)N2. The van der Waals surface area contributed by atoms with Crippen LogP contribution in [0.15, 0.2) is 18.2 Å². The highest BCUT2D eigenvalue weighted by molar-refractivity contribution is 8.16. The number of benzene rings is 1. The molecule has 118 valence electrons. The molecule has 2 bridgehead atoms. The molecule has 7 heteroatoms. The van der Waals surface area contributed by atoms with Crippen molar-refractivity contribution in [1.29, 1.82) is 0 Å². The summed E-state index contributed by atoms with van der Waals surface area (Å²) >= 11 is 2.91. The number of thioether (sulfide) groups is 2. The van der Waals surface area contributed by atoms with Crippen LogP contribution in [0.1, 0.15) is 24.2 Å². The van der Waals surface area contributed by atoms with Gasteiger partial charge in [-0.1, -0.05) is 13.8 Å². The lowest BCUT2D eigenvalue weighted by molar-refractivity contribution is -0.114. The van der Waals surface area contributed by atoms with E-state index < -0.39 is 0 Å². The van der Waals surface area contributed by atoms with Crippen molar-refractivity contribution >= 4 is 52.5 Å². The fourth-order valence-electron chi connectivity index (χ4n) is 1.96. The van der Waals surface area contributed by atoms with Gasteiger partial charge in [0.05, 0.1) is 17.2 Å². The van der Waals surface area contributed by atoms with Crippen LogP contribution in [-0.4, -0.2) is 34.2 Å². The topological polar surface area (TPSA) is 75.3 Å². The van der Waals surface area contributed by atoms with Gasteiger partial charge >= 0.3 is 0 Å². The lowest BCUT2D eigenvalue weighted by Crippen LogP contribution is -2.19. The number of hydrogen-bond acceptors (Lipinski definition) is 5. The van der Waals surface area contributed by atoms with E-state index in [1.165, 1.54) is 23.5 Å². The van der Waals surface area contributed by atoms with Crippen LogP contribution < -0.4 is 10.6 Å². The number of rotatable bonds is 2. The quantitative estimate of drug-likeness (QED) is 0.811. The third-order valence-corrected chi connectivity index (χ3v) is 5.27. The van der Waals surface area contributed by atoms with Crippen LogP contribution in [0, 0.1) is 5.92 Å². The molecule has 2 aliphatic heterocycles. The molecule has 2 aliphatic rings. The van der Waals surface area contributed by atoms with Crippen molar-refractivity contribution in [3.63, 3.8) is 0 Å². The van der Waals surface area contributed by atoms with Gasteiger partial charge in [0.25, 0.3) is 0 Å². The molecule has 2 N–H and O–H groups in total. The predicted octanol–water partition coefficient (Wildman–Crippen LogP) is 2.84. The van der Waals surface area contributed by atoms with Crippen molar-refractivity contribution in [1.82, 2.24) is 0 Å². The highest BCUT2D eigenvalue weighted by atomic mass is 32.2. The van der Waals surface area contributed by atoms with Gasteiger partial charge in [0, 0.05) is 22.3 Å². The largest absolute Gasteiger partial charge is 0.325 e. The van der Waals surface area contributed by atoms with Gasteiger partial charge in [0.1, 0.15) is 0 Å². The molecule has 22 heavy (non-hydrogen) atoms. The van der Waals surface area contributed by atoms with E-state index in [9.17, 15) is 14.4 Å². The smallest absolute Gasteiger partial charge is 0.234 e. The summed E-state index contributed by atoms with van der Waals surface area (Å²) in [5.41, 5.74) is 1.49. The number of carbonyl (C=O) groups is 3. The first-order valence-corrected chi connectivity index (χ1v) is 9.21. The minimum Gasteiger partial charge on any atom is -0.325 e. The fraction of sp³-hybridized carbons (Fsp3) is 0.400. The number of Topliss-reactive ketones (excluding diaryl/α,β-unsaturated/α-hetero) is 1. The lowest BCUT2D eigenvalue weighted by atomic mass is 9.98. The molecule has 0 spiro atoms. The highest BCUT2D eigenvalue weighted by Gasteiger charge is 2.18. The van der Waals surface area contributed by atoms with E-state index in [1.54, 1.807) is 32.0 Å². The van der Waals surface area contributed by atoms with Crippen molar-refractivity contribution in [2.24, 2.45) is 5.92 Å². The first-order valence-electron chi connectivity index (χ1n) is 6.91. The molecule has 1 aromatic rings. The molecule has 0 saturated heterocycles. The third kappa shape index (κ3) is 4.51. The molecule has 2 amide bonds. The van der Waals surface area contributed by atoms with E-state index in [0.29, 0.717) is 33.5 Å². The van der Waals surface area contributed by atoms with Crippen LogP contribution in [0.25, 0.3) is 0 Å². The number of amides is 2. The van der Waals surface area contributed by atoms with E-state index >= 15 is 0 Å². The van der Waals surface area contributed by atoms with E-state index in [1.807, 2.05) is 0 Å². The van der Waals surface area contributed by atoms with Gasteiger partial charge in [-0.3, -0.25) is 14.4 Å². The zero-order valence-electron chi connectivity index (χ0n) is 12.5. The van der Waals surface area contributed by atoms with Gasteiger partial charge in [-0.2, -0.15) is 0 Å². The molecule has 0 aromatic heterocycles. The summed E-state index contributed by atoms with van der Waals surface area (Å²) < 4.78 is 0. The first kappa shape index (κ1) is 16.9. The van der Waals surface area contributed by atoms with Crippen molar-refractivity contribution < 1.29 is 14.4 Å². The predicted molar refractivity (Wildman–Crippen MR) is 92.7 cm³/mol. The van der Waals surface area contributed by atoms with Crippen molar-refractivity contribution in [2.45, 2.75) is 13.8 Å². The Kier molecular flexibility index (Phi) is 5.90. The lowest BCUT2D eigenvalue weighted by Gasteiger charge is -2.14. The summed E-state index contributed by atoms with van der Waals surface area (Å²) in [5.74, 6) is 0.107. The molecule has 0 aliphatic carbocycles. The highest BCUT2D eigenvalue weighted by Crippen LogP contribution is 2.25. The molecule has 0 radical (unpaired) electrons. The van der Waals surface area contributed by atoms with Crippen LogP contribution in [0.2, 0.25) is 0 Å². The number of carbonyl (C=O) groups excluding carboxylic acids is 3. The summed E-state index contributed by atoms with van der Waals surface area (Å²) in [5, 5.41) is 6.24. The number of hydrogen-bond donors (Lipinski definition) is 2. The Morgan fingerprint density at radius 3 is 2.36 bits per heavy atom. The van der Waals surface area contributed by atoms with Crippen molar-refractivity contribution in [3.8, 4) is 0 Å². The monoisotopic (exact) mass is 338 g/mol. The van der Waals surface area contributed by atoms with Crippen LogP contribution in [-0.2, 0) is 9.59 Å². The van der Waals surface area contributed by atoms with Crippen molar-refractivity contribution in [3.05, 3.63) is 23.8 Å². The average molecular weight is 338 g/mol. The Balaban J connectivity index is 2.38. The Morgan fingerprint density at radius 2 is 1.73 bits per heavy atom. The van der Waals surface area contributed by atoms with E-state index in [0.717, 1.165) is 0 Å². The summed E-state index contributed by atoms with van der Waals surface area (Å²) in [7, 11) is 0. The Labute approximate surface area is 138 Å². The molecule has 2 heterocycles. The molecule has 3 rings (SSSR count). The van der Waals surface area contributed by atoms with Gasteiger partial charge in [-0.05, 0) is 18.2 Å². The second-order valence-corrected chi connectivity index (χ2v) is 7.53. The van der Waals surface area contributed by atoms with Crippen molar-refractivity contribution in [2.75, 3.05) is 27.2 Å². The Bertz CT molecular complexity index is 602. The minimum atomic E-state index is -0.192. The summed E-state index contributed by atoms with van der Waals surface area (Å²) in [6.07, 6.45) is 0. The normalized spacial score (nSPS) is 16.3. The summed E-state index contributed by atoms with van der Waals surface area (Å²) in [6, 6.07) is 4.99. The standard InChI is InChI=1S/C15H18N2O3S2/c1-9(2)15(20)11-5-10-3-4-12(11)17-14(19)7-22-8-21-6-13(18)16-10/h3-5,9H,6-8H2,1-2H3,(H,16,18)(H,17,19). The second kappa shape index (κ2) is 7.69. The van der Waals surface area contributed by atoms with Gasteiger partial charge in [-0.25, -0.2) is 0 Å². The molecular formula is C15H18N2O3S2. The molecule has 0 saturated carbocycles. The molecule has 1 aromatic carbocycles. The maximum Gasteiger partial charge on any atom is 0.234 e. The van der Waals surface area contributed by atoms with E-state index in [4.69, 9.17) is 0 Å². The number of ketones is 1. The van der Waals surface area contributed by atoms with Crippen LogP contribution >= 0.6 is 23.5 Å². The average Bonchev–Trinajstić information content (AvgIpc) is 2.48. The maximum absolute atomic E-state index is 12.4. The summed E-state index contributed by atoms with van der Waals surface area (Å²) in [6.45, 7) is 3.61. The molecule has 0 unspecified atom stereocenters. The second-order valence-electron chi connectivity index (χ2n) is 5.19. The first-order chi connectivity index (χ1) is 10.5. The third-order valence-electron chi connectivity index (χ3n) is 3.00. The molecule has 0 atom stereocenters. The molecule has 5 nitrogen and oxygen atoms in total. The molecular weight excluding hydrogens is 320 g/mol. The van der Waals surface area contributed by atoms with Crippen LogP contribution in [0.5, 0.6) is 0 Å². The zero-order valence-corrected chi connectivity index (χ0v) is 14.1. The summed E-state index contributed by atoms with van der Waals surface area (Å²) in [4.78, 5) is 36.1. The van der Waals surface area contributed by atoms with E-state index in [2.05, 4.69) is 10.6 Å². The van der Waals surface area contributed by atoms with E-state index in [-0.39, 0.29) is 23.5 Å². The number of anilines is 2. The number of fused-ring (bicyclic) bond motifs is 10. The molecule has 0 fully saturated rings. The minimum absolute atomic E-state index is 0.0664. The van der Waals surface area contributed by atoms with Crippen LogP contribution in [0.4, 0.5) is 11.4 Å². The van der Waals surface area contributed by atoms with Gasteiger partial charge in [-0.15, -0.1) is 23.5 Å². The number of nitrogens with one attached hydrogen (secondary N) is 2. The fourth-order valence-corrected chi connectivity index (χ4v) is 3.61.